The van der Waals surface area contributed by atoms with Crippen molar-refractivity contribution in [2.75, 3.05) is 5.32 Å². The summed E-state index contributed by atoms with van der Waals surface area (Å²) in [6, 6.07) is 6.58. The lowest BCUT2D eigenvalue weighted by Gasteiger charge is -2.23. The largest absolute Gasteiger partial charge is 0.366 e. The Morgan fingerprint density at radius 1 is 1.27 bits per heavy atom. The molecule has 1 aliphatic carbocycles. The summed E-state index contributed by atoms with van der Waals surface area (Å²) in [7, 11) is 1.96. The quantitative estimate of drug-likeness (QED) is 0.783. The molecule has 6 nitrogen and oxygen atoms in total. The molecule has 3 aromatic rings. The lowest BCUT2D eigenvalue weighted by atomic mass is 9.95. The summed E-state index contributed by atoms with van der Waals surface area (Å²) >= 11 is 0. The summed E-state index contributed by atoms with van der Waals surface area (Å²) in [4.78, 5) is 8.78. The Morgan fingerprint density at radius 3 is 3.09 bits per heavy atom. The van der Waals surface area contributed by atoms with E-state index in [2.05, 4.69) is 44.7 Å². The van der Waals surface area contributed by atoms with Gasteiger partial charge in [-0.3, -0.25) is 4.68 Å². The van der Waals surface area contributed by atoms with E-state index < -0.39 is 0 Å². The molecular formula is C16H18N6. The first-order chi connectivity index (χ1) is 10.7. The zero-order valence-corrected chi connectivity index (χ0v) is 12.7. The third kappa shape index (κ3) is 2.20. The van der Waals surface area contributed by atoms with Crippen molar-refractivity contribution in [3.05, 3.63) is 41.5 Å². The summed E-state index contributed by atoms with van der Waals surface area (Å²) in [6.45, 7) is 2.09. The van der Waals surface area contributed by atoms with Crippen LogP contribution in [0, 0.1) is 6.92 Å². The smallest absolute Gasteiger partial charge is 0.137 e. The Kier molecular flexibility index (Phi) is 3.03. The van der Waals surface area contributed by atoms with Crippen LogP contribution in [0.15, 0.2) is 24.5 Å². The molecule has 0 spiro atoms. The zero-order valence-electron chi connectivity index (χ0n) is 12.7. The van der Waals surface area contributed by atoms with Crippen molar-refractivity contribution in [2.24, 2.45) is 7.05 Å². The van der Waals surface area contributed by atoms with Gasteiger partial charge in [-0.2, -0.15) is 0 Å². The predicted molar refractivity (Wildman–Crippen MR) is 84.7 cm³/mol. The second-order valence-electron chi connectivity index (χ2n) is 5.93. The minimum atomic E-state index is 0.336. The highest BCUT2D eigenvalue weighted by atomic mass is 15.4. The number of hydrogen-bond donors (Lipinski definition) is 1. The molecular weight excluding hydrogens is 276 g/mol. The standard InChI is InChI=1S/C16H18N6/c1-10-3-5-13-12(7-10)16(18-9-17-13)19-11-4-6-15-14(8-11)20-21-22(15)2/h3,5,7,9,11H,4,6,8H2,1-2H3,(H,17,18,19). The highest BCUT2D eigenvalue weighted by molar-refractivity contribution is 5.89. The number of nitrogens with zero attached hydrogens (tertiary/aromatic N) is 5. The van der Waals surface area contributed by atoms with Crippen molar-refractivity contribution < 1.29 is 0 Å². The molecule has 2 aromatic heterocycles. The number of fused-ring (bicyclic) bond motifs is 2. The SMILES string of the molecule is Cc1ccc2ncnc(NC3CCc4c(nnn4C)C3)c2c1. The molecule has 1 atom stereocenters. The molecule has 0 fully saturated rings. The van der Waals surface area contributed by atoms with Crippen LogP contribution in [-0.4, -0.2) is 31.0 Å². The van der Waals surface area contributed by atoms with E-state index in [1.54, 1.807) is 6.33 Å². The van der Waals surface area contributed by atoms with Crippen LogP contribution in [0.4, 0.5) is 5.82 Å². The van der Waals surface area contributed by atoms with Crippen molar-refractivity contribution in [3.8, 4) is 0 Å². The van der Waals surface area contributed by atoms with Crippen LogP contribution >= 0.6 is 0 Å². The van der Waals surface area contributed by atoms with Gasteiger partial charge >= 0.3 is 0 Å². The number of aryl methyl sites for hydroxylation is 2. The van der Waals surface area contributed by atoms with Crippen LogP contribution in [0.5, 0.6) is 0 Å². The molecule has 1 aliphatic rings. The molecule has 2 heterocycles. The molecule has 22 heavy (non-hydrogen) atoms. The van der Waals surface area contributed by atoms with Gasteiger partial charge < -0.3 is 5.32 Å². The van der Waals surface area contributed by atoms with Gasteiger partial charge in [0, 0.05) is 24.9 Å². The maximum Gasteiger partial charge on any atom is 0.137 e. The average Bonchev–Trinajstić information content (AvgIpc) is 2.89. The normalized spacial score (nSPS) is 17.5. The van der Waals surface area contributed by atoms with Crippen LogP contribution in [0.25, 0.3) is 10.9 Å². The van der Waals surface area contributed by atoms with Gasteiger partial charge in [-0.25, -0.2) is 9.97 Å². The predicted octanol–water partition coefficient (Wildman–Crippen LogP) is 2.04. The lowest BCUT2D eigenvalue weighted by Crippen LogP contribution is -2.28. The van der Waals surface area contributed by atoms with Crippen LogP contribution < -0.4 is 5.32 Å². The monoisotopic (exact) mass is 294 g/mol. The zero-order chi connectivity index (χ0) is 15.1. The number of anilines is 1. The fourth-order valence-electron chi connectivity index (χ4n) is 3.13. The van der Waals surface area contributed by atoms with Gasteiger partial charge in [0.25, 0.3) is 0 Å². The summed E-state index contributed by atoms with van der Waals surface area (Å²) < 4.78 is 1.88. The number of aromatic nitrogens is 5. The average molecular weight is 294 g/mol. The number of nitrogens with one attached hydrogen (secondary N) is 1. The van der Waals surface area contributed by atoms with Gasteiger partial charge in [0.2, 0.25) is 0 Å². The summed E-state index contributed by atoms with van der Waals surface area (Å²) in [5.74, 6) is 0.908. The van der Waals surface area contributed by atoms with Gasteiger partial charge in [-0.15, -0.1) is 5.10 Å². The maximum atomic E-state index is 4.44. The van der Waals surface area contributed by atoms with Crippen LogP contribution in [0.1, 0.15) is 23.4 Å². The van der Waals surface area contributed by atoms with Crippen molar-refractivity contribution >= 4 is 16.7 Å². The molecule has 0 amide bonds. The van der Waals surface area contributed by atoms with E-state index in [1.807, 2.05) is 17.8 Å². The number of benzene rings is 1. The molecule has 112 valence electrons. The fourth-order valence-corrected chi connectivity index (χ4v) is 3.13. The van der Waals surface area contributed by atoms with E-state index in [1.165, 1.54) is 11.3 Å². The van der Waals surface area contributed by atoms with Crippen LogP contribution in [0.2, 0.25) is 0 Å². The Bertz CT molecular complexity index is 838. The molecule has 0 bridgehead atoms. The van der Waals surface area contributed by atoms with Gasteiger partial charge in [0.1, 0.15) is 12.1 Å². The lowest BCUT2D eigenvalue weighted by molar-refractivity contribution is 0.577. The number of rotatable bonds is 2. The third-order valence-electron chi connectivity index (χ3n) is 4.32. The Labute approximate surface area is 128 Å². The van der Waals surface area contributed by atoms with Crippen molar-refractivity contribution in [1.82, 2.24) is 25.0 Å². The van der Waals surface area contributed by atoms with E-state index in [9.17, 15) is 0 Å². The Balaban J connectivity index is 1.63. The fraction of sp³-hybridized carbons (Fsp3) is 0.375. The third-order valence-corrected chi connectivity index (χ3v) is 4.32. The minimum absolute atomic E-state index is 0.336. The first kappa shape index (κ1) is 13.2. The van der Waals surface area contributed by atoms with Gasteiger partial charge in [0.15, 0.2) is 0 Å². The summed E-state index contributed by atoms with van der Waals surface area (Å²) in [5, 5.41) is 13.0. The molecule has 1 aromatic carbocycles. The van der Waals surface area contributed by atoms with Crippen molar-refractivity contribution in [3.63, 3.8) is 0 Å². The van der Waals surface area contributed by atoms with Crippen LogP contribution in [0.3, 0.4) is 0 Å². The maximum absolute atomic E-state index is 4.44. The van der Waals surface area contributed by atoms with Gasteiger partial charge in [0.05, 0.1) is 16.9 Å². The minimum Gasteiger partial charge on any atom is -0.366 e. The first-order valence-corrected chi connectivity index (χ1v) is 7.56. The van der Waals surface area contributed by atoms with E-state index in [0.29, 0.717) is 6.04 Å². The molecule has 1 N–H and O–H groups in total. The molecule has 6 heteroatoms. The topological polar surface area (TPSA) is 68.5 Å². The van der Waals surface area contributed by atoms with Crippen molar-refractivity contribution in [1.29, 1.82) is 0 Å². The van der Waals surface area contributed by atoms with Crippen molar-refractivity contribution in [2.45, 2.75) is 32.2 Å². The molecule has 0 radical (unpaired) electrons. The van der Waals surface area contributed by atoms with E-state index in [4.69, 9.17) is 0 Å². The number of hydrogen-bond acceptors (Lipinski definition) is 5. The Hall–Kier alpha value is -2.50. The van der Waals surface area contributed by atoms with Gasteiger partial charge in [-0.1, -0.05) is 16.8 Å². The molecule has 0 saturated heterocycles. The second-order valence-corrected chi connectivity index (χ2v) is 5.93. The molecule has 0 saturated carbocycles. The van der Waals surface area contributed by atoms with E-state index >= 15 is 0 Å². The molecule has 0 aliphatic heterocycles. The van der Waals surface area contributed by atoms with E-state index in [-0.39, 0.29) is 0 Å². The first-order valence-electron chi connectivity index (χ1n) is 7.56. The second kappa shape index (κ2) is 5.05. The van der Waals surface area contributed by atoms with Crippen LogP contribution in [-0.2, 0) is 19.9 Å². The highest BCUT2D eigenvalue weighted by Crippen LogP contribution is 2.25. The molecule has 4 rings (SSSR count). The Morgan fingerprint density at radius 2 is 2.18 bits per heavy atom. The van der Waals surface area contributed by atoms with Gasteiger partial charge in [-0.05, 0) is 31.9 Å². The molecule has 1 unspecified atom stereocenters. The van der Waals surface area contributed by atoms with E-state index in [0.717, 1.165) is 41.7 Å². The summed E-state index contributed by atoms with van der Waals surface area (Å²) in [5.41, 5.74) is 4.53. The highest BCUT2D eigenvalue weighted by Gasteiger charge is 2.23. The summed E-state index contributed by atoms with van der Waals surface area (Å²) in [6.07, 6.45) is 4.57.